The number of nitriles is 1. The second-order valence-corrected chi connectivity index (χ2v) is 6.85. The molecule has 142 valence electrons. The molecule has 0 saturated carbocycles. The van der Waals surface area contributed by atoms with Gasteiger partial charge in [-0.3, -0.25) is 4.68 Å². The standard InChI is InChI=1S/C12H14N4O.C10H9N/c1-8-3-9(5-13)11(4-12(8)17)15-10-6-14-16(2)7-10;11-7-8-4-5-9-2-1-3-10(9)6-8/h3-7,13,15,17H,1-2H3;4-6H,1-3H2. The lowest BCUT2D eigenvalue weighted by molar-refractivity contribution is 0.471. The lowest BCUT2D eigenvalue weighted by Gasteiger charge is -2.09. The Labute approximate surface area is 164 Å². The van der Waals surface area contributed by atoms with Crippen molar-refractivity contribution in [2.24, 2.45) is 7.05 Å². The molecule has 0 saturated heterocycles. The van der Waals surface area contributed by atoms with Crippen molar-refractivity contribution in [1.29, 1.82) is 10.7 Å². The SMILES string of the molecule is Cc1cc(C=N)c(Nc2cnn(C)c2)cc1O.N#Cc1ccc2c(c1)CCC2. The first-order chi connectivity index (χ1) is 13.5. The minimum absolute atomic E-state index is 0.210. The highest BCUT2D eigenvalue weighted by atomic mass is 16.3. The summed E-state index contributed by atoms with van der Waals surface area (Å²) in [6.45, 7) is 1.80. The predicted molar refractivity (Wildman–Crippen MR) is 110 cm³/mol. The van der Waals surface area contributed by atoms with Crippen LogP contribution < -0.4 is 5.32 Å². The fourth-order valence-corrected chi connectivity index (χ4v) is 3.23. The second-order valence-electron chi connectivity index (χ2n) is 6.85. The number of anilines is 2. The number of nitrogens with one attached hydrogen (secondary N) is 2. The van der Waals surface area contributed by atoms with Crippen LogP contribution in [0.2, 0.25) is 0 Å². The summed E-state index contributed by atoms with van der Waals surface area (Å²) in [6.07, 6.45) is 8.37. The van der Waals surface area contributed by atoms with E-state index in [-0.39, 0.29) is 5.75 Å². The average molecular weight is 373 g/mol. The van der Waals surface area contributed by atoms with Crippen molar-refractivity contribution < 1.29 is 5.11 Å². The van der Waals surface area contributed by atoms with E-state index in [1.54, 1.807) is 29.9 Å². The zero-order chi connectivity index (χ0) is 20.1. The number of phenols is 1. The van der Waals surface area contributed by atoms with Gasteiger partial charge in [0.15, 0.2) is 0 Å². The molecule has 1 heterocycles. The van der Waals surface area contributed by atoms with Gasteiger partial charge in [0.2, 0.25) is 0 Å². The molecule has 6 nitrogen and oxygen atoms in total. The van der Waals surface area contributed by atoms with E-state index in [0.717, 1.165) is 28.8 Å². The largest absolute Gasteiger partial charge is 0.508 e. The molecule has 1 aliphatic carbocycles. The van der Waals surface area contributed by atoms with E-state index in [1.165, 1.54) is 30.2 Å². The molecular formula is C22H23N5O. The molecule has 3 aromatic rings. The first kappa shape index (κ1) is 19.2. The summed E-state index contributed by atoms with van der Waals surface area (Å²) < 4.78 is 1.68. The van der Waals surface area contributed by atoms with Crippen molar-refractivity contribution in [1.82, 2.24) is 9.78 Å². The molecule has 0 bridgehead atoms. The summed E-state index contributed by atoms with van der Waals surface area (Å²) in [7, 11) is 1.83. The lowest BCUT2D eigenvalue weighted by atomic mass is 10.1. The van der Waals surface area contributed by atoms with Crippen LogP contribution in [0.3, 0.4) is 0 Å². The molecule has 0 unspecified atom stereocenters. The molecule has 0 spiro atoms. The van der Waals surface area contributed by atoms with Gasteiger partial charge < -0.3 is 15.8 Å². The molecular weight excluding hydrogens is 350 g/mol. The third-order valence-corrected chi connectivity index (χ3v) is 4.74. The van der Waals surface area contributed by atoms with Gasteiger partial charge in [-0.05, 0) is 61.1 Å². The zero-order valence-corrected chi connectivity index (χ0v) is 16.0. The van der Waals surface area contributed by atoms with Gasteiger partial charge in [-0.2, -0.15) is 10.4 Å². The Morgan fingerprint density at radius 1 is 1.25 bits per heavy atom. The van der Waals surface area contributed by atoms with Crippen LogP contribution in [0, 0.1) is 23.7 Å². The topological polar surface area (TPSA) is 97.7 Å². The number of hydrogen-bond donors (Lipinski definition) is 3. The quantitative estimate of drug-likeness (QED) is 0.599. The average Bonchev–Trinajstić information content (AvgIpc) is 3.33. The smallest absolute Gasteiger partial charge is 0.120 e. The monoisotopic (exact) mass is 373 g/mol. The van der Waals surface area contributed by atoms with E-state index in [1.807, 2.05) is 25.4 Å². The Morgan fingerprint density at radius 2 is 2.04 bits per heavy atom. The maximum atomic E-state index is 9.67. The van der Waals surface area contributed by atoms with Crippen molar-refractivity contribution in [2.75, 3.05) is 5.32 Å². The molecule has 6 heteroatoms. The van der Waals surface area contributed by atoms with Gasteiger partial charge in [0, 0.05) is 31.1 Å². The van der Waals surface area contributed by atoms with Crippen LogP contribution in [-0.4, -0.2) is 21.1 Å². The van der Waals surface area contributed by atoms with Crippen molar-refractivity contribution in [3.05, 3.63) is 70.5 Å². The molecule has 1 aromatic heterocycles. The summed E-state index contributed by atoms with van der Waals surface area (Å²) in [6, 6.07) is 11.5. The van der Waals surface area contributed by atoms with Gasteiger partial charge >= 0.3 is 0 Å². The van der Waals surface area contributed by atoms with Gasteiger partial charge in [0.05, 0.1) is 29.2 Å². The molecule has 2 aromatic carbocycles. The maximum absolute atomic E-state index is 9.67. The van der Waals surface area contributed by atoms with Crippen LogP contribution in [0.15, 0.2) is 42.7 Å². The van der Waals surface area contributed by atoms with Crippen LogP contribution in [0.1, 0.15) is 34.2 Å². The van der Waals surface area contributed by atoms with Crippen LogP contribution >= 0.6 is 0 Å². The highest BCUT2D eigenvalue weighted by Crippen LogP contribution is 2.27. The Bertz CT molecular complexity index is 1050. The summed E-state index contributed by atoms with van der Waals surface area (Å²) in [5.74, 6) is 0.210. The minimum Gasteiger partial charge on any atom is -0.508 e. The fourth-order valence-electron chi connectivity index (χ4n) is 3.23. The maximum Gasteiger partial charge on any atom is 0.120 e. The number of aromatic nitrogens is 2. The first-order valence-electron chi connectivity index (χ1n) is 9.12. The lowest BCUT2D eigenvalue weighted by Crippen LogP contribution is -1.95. The third-order valence-electron chi connectivity index (χ3n) is 4.74. The summed E-state index contributed by atoms with van der Waals surface area (Å²) >= 11 is 0. The minimum atomic E-state index is 0.210. The molecule has 4 rings (SSSR count). The highest BCUT2D eigenvalue weighted by molar-refractivity contribution is 5.88. The molecule has 0 amide bonds. The molecule has 1 aliphatic rings. The van der Waals surface area contributed by atoms with Gasteiger partial charge in [0.25, 0.3) is 0 Å². The Kier molecular flexibility index (Phi) is 5.75. The predicted octanol–water partition coefficient (Wildman–Crippen LogP) is 4.22. The molecule has 0 atom stereocenters. The summed E-state index contributed by atoms with van der Waals surface area (Å²) in [4.78, 5) is 0. The fraction of sp³-hybridized carbons (Fsp3) is 0.227. The van der Waals surface area contributed by atoms with E-state index in [0.29, 0.717) is 5.69 Å². The van der Waals surface area contributed by atoms with Gasteiger partial charge in [-0.15, -0.1) is 0 Å². The number of rotatable bonds is 3. The number of aryl methyl sites for hydroxylation is 4. The first-order valence-corrected chi connectivity index (χ1v) is 9.12. The van der Waals surface area contributed by atoms with Crippen LogP contribution in [0.25, 0.3) is 0 Å². The number of benzene rings is 2. The van der Waals surface area contributed by atoms with E-state index < -0.39 is 0 Å². The Balaban J connectivity index is 0.000000176. The molecule has 0 fully saturated rings. The Morgan fingerprint density at radius 3 is 2.71 bits per heavy atom. The highest BCUT2D eigenvalue weighted by Gasteiger charge is 2.10. The normalized spacial score (nSPS) is 11.8. The number of phenolic OH excluding ortho intramolecular Hbond substituents is 1. The van der Waals surface area contributed by atoms with Crippen LogP contribution in [-0.2, 0) is 19.9 Å². The van der Waals surface area contributed by atoms with Gasteiger partial charge in [-0.25, -0.2) is 0 Å². The van der Waals surface area contributed by atoms with E-state index in [2.05, 4.69) is 22.6 Å². The van der Waals surface area contributed by atoms with E-state index >= 15 is 0 Å². The van der Waals surface area contributed by atoms with E-state index in [4.69, 9.17) is 10.7 Å². The molecule has 0 aliphatic heterocycles. The summed E-state index contributed by atoms with van der Waals surface area (Å²) in [5, 5.41) is 32.8. The number of fused-ring (bicyclic) bond motifs is 1. The Hall–Kier alpha value is -3.59. The van der Waals surface area contributed by atoms with E-state index in [9.17, 15) is 5.11 Å². The second kappa shape index (κ2) is 8.40. The van der Waals surface area contributed by atoms with Crippen LogP contribution in [0.5, 0.6) is 5.75 Å². The molecule has 0 radical (unpaired) electrons. The number of aromatic hydroxyl groups is 1. The zero-order valence-electron chi connectivity index (χ0n) is 16.0. The third kappa shape index (κ3) is 4.38. The molecule has 3 N–H and O–H groups in total. The van der Waals surface area contributed by atoms with Gasteiger partial charge in [-0.1, -0.05) is 6.07 Å². The number of nitrogens with zero attached hydrogens (tertiary/aromatic N) is 3. The van der Waals surface area contributed by atoms with Crippen molar-refractivity contribution in [2.45, 2.75) is 26.2 Å². The van der Waals surface area contributed by atoms with Crippen LogP contribution in [0.4, 0.5) is 11.4 Å². The van der Waals surface area contributed by atoms with Crippen molar-refractivity contribution >= 4 is 17.6 Å². The number of hydrogen-bond acceptors (Lipinski definition) is 5. The van der Waals surface area contributed by atoms with Gasteiger partial charge in [0.1, 0.15) is 5.75 Å². The van der Waals surface area contributed by atoms with Crippen molar-refractivity contribution in [3.63, 3.8) is 0 Å². The molecule has 28 heavy (non-hydrogen) atoms. The van der Waals surface area contributed by atoms with Crippen molar-refractivity contribution in [3.8, 4) is 11.8 Å². The summed E-state index contributed by atoms with van der Waals surface area (Å²) in [5.41, 5.74) is 6.60.